The van der Waals surface area contributed by atoms with Gasteiger partial charge in [-0.3, -0.25) is 9.59 Å². The van der Waals surface area contributed by atoms with Crippen molar-refractivity contribution in [1.82, 2.24) is 10.6 Å². The minimum absolute atomic E-state index is 0.0215. The predicted molar refractivity (Wildman–Crippen MR) is 65.6 cm³/mol. The van der Waals surface area contributed by atoms with Gasteiger partial charge in [0.15, 0.2) is 0 Å². The first-order valence-electron chi connectivity index (χ1n) is 5.45. The van der Waals surface area contributed by atoms with Gasteiger partial charge in [0.2, 0.25) is 5.91 Å². The van der Waals surface area contributed by atoms with Crippen molar-refractivity contribution >= 4 is 11.8 Å². The quantitative estimate of drug-likeness (QED) is 0.653. The van der Waals surface area contributed by atoms with E-state index in [9.17, 15) is 9.59 Å². The van der Waals surface area contributed by atoms with Gasteiger partial charge in [0.05, 0.1) is 6.54 Å². The van der Waals surface area contributed by atoms with Crippen molar-refractivity contribution < 1.29 is 9.59 Å². The van der Waals surface area contributed by atoms with E-state index in [0.717, 1.165) is 5.56 Å². The summed E-state index contributed by atoms with van der Waals surface area (Å²) in [6.45, 7) is 0.464. The maximum absolute atomic E-state index is 11.8. The van der Waals surface area contributed by atoms with Gasteiger partial charge in [-0.25, -0.2) is 0 Å². The number of hydrogen-bond acceptors (Lipinski definition) is 3. The second-order valence-electron chi connectivity index (χ2n) is 3.55. The highest BCUT2D eigenvalue weighted by molar-refractivity contribution is 5.97. The Labute approximate surface area is 100 Å². The maximum Gasteiger partial charge on any atom is 0.251 e. The van der Waals surface area contributed by atoms with E-state index in [4.69, 9.17) is 5.73 Å². The molecular weight excluding hydrogens is 218 g/mol. The molecule has 0 bridgehead atoms. The Hall–Kier alpha value is -1.88. The number of carbonyl (C=O) groups excluding carboxylic acids is 2. The van der Waals surface area contributed by atoms with Gasteiger partial charge in [-0.05, 0) is 24.6 Å². The number of amides is 2. The first-order chi connectivity index (χ1) is 8.19. The highest BCUT2D eigenvalue weighted by Gasteiger charge is 2.10. The van der Waals surface area contributed by atoms with Crippen LogP contribution in [0.3, 0.4) is 0 Å². The van der Waals surface area contributed by atoms with E-state index in [-0.39, 0.29) is 18.4 Å². The number of benzene rings is 1. The molecule has 2 amide bonds. The molecule has 5 nitrogen and oxygen atoms in total. The first-order valence-corrected chi connectivity index (χ1v) is 5.45. The van der Waals surface area contributed by atoms with Crippen molar-refractivity contribution in [3.05, 3.63) is 35.4 Å². The third-order valence-electron chi connectivity index (χ3n) is 2.36. The van der Waals surface area contributed by atoms with E-state index >= 15 is 0 Å². The summed E-state index contributed by atoms with van der Waals surface area (Å²) in [6.07, 6.45) is 0.642. The predicted octanol–water partition coefficient (Wildman–Crippen LogP) is -0.336. The van der Waals surface area contributed by atoms with E-state index in [1.54, 1.807) is 12.1 Å². The molecule has 0 aliphatic heterocycles. The fraction of sp³-hybridized carbons (Fsp3) is 0.333. The van der Waals surface area contributed by atoms with Gasteiger partial charge in [-0.1, -0.05) is 18.2 Å². The fourth-order valence-electron chi connectivity index (χ4n) is 1.46. The molecule has 4 N–H and O–H groups in total. The molecule has 0 heterocycles. The summed E-state index contributed by atoms with van der Waals surface area (Å²) in [5.74, 6) is -0.479. The van der Waals surface area contributed by atoms with Crippen molar-refractivity contribution in [2.75, 3.05) is 20.1 Å². The topological polar surface area (TPSA) is 84.2 Å². The van der Waals surface area contributed by atoms with Gasteiger partial charge in [-0.2, -0.15) is 0 Å². The molecule has 1 rings (SSSR count). The first kappa shape index (κ1) is 13.2. The summed E-state index contributed by atoms with van der Waals surface area (Å²) in [7, 11) is 1.52. The maximum atomic E-state index is 11.8. The van der Waals surface area contributed by atoms with Crippen molar-refractivity contribution in [2.45, 2.75) is 6.42 Å². The highest BCUT2D eigenvalue weighted by Crippen LogP contribution is 2.08. The van der Waals surface area contributed by atoms with E-state index in [1.807, 2.05) is 12.1 Å². The summed E-state index contributed by atoms with van der Waals surface area (Å²) >= 11 is 0. The normalized spacial score (nSPS) is 9.76. The van der Waals surface area contributed by atoms with Crippen LogP contribution in [0.4, 0.5) is 0 Å². The molecule has 5 heteroatoms. The molecule has 1 aromatic carbocycles. The molecule has 0 atom stereocenters. The van der Waals surface area contributed by atoms with Crippen molar-refractivity contribution in [1.29, 1.82) is 0 Å². The fourth-order valence-corrected chi connectivity index (χ4v) is 1.46. The molecule has 0 aromatic heterocycles. The van der Waals surface area contributed by atoms with Crippen LogP contribution in [0.25, 0.3) is 0 Å². The Kier molecular flexibility index (Phi) is 5.16. The second-order valence-corrected chi connectivity index (χ2v) is 3.55. The molecule has 0 saturated heterocycles. The highest BCUT2D eigenvalue weighted by atomic mass is 16.2. The van der Waals surface area contributed by atoms with Crippen LogP contribution in [-0.2, 0) is 11.2 Å². The van der Waals surface area contributed by atoms with Crippen molar-refractivity contribution in [2.24, 2.45) is 5.73 Å². The van der Waals surface area contributed by atoms with E-state index in [2.05, 4.69) is 10.6 Å². The van der Waals surface area contributed by atoms with Crippen LogP contribution in [0.5, 0.6) is 0 Å². The molecule has 1 aromatic rings. The van der Waals surface area contributed by atoms with E-state index < -0.39 is 0 Å². The minimum Gasteiger partial charge on any atom is -0.358 e. The molecular formula is C12H17N3O2. The summed E-state index contributed by atoms with van der Waals surface area (Å²) in [4.78, 5) is 22.8. The lowest BCUT2D eigenvalue weighted by Crippen LogP contribution is -2.35. The average Bonchev–Trinajstić information content (AvgIpc) is 2.36. The number of carbonyl (C=O) groups is 2. The molecule has 0 saturated carbocycles. The minimum atomic E-state index is -0.252. The summed E-state index contributed by atoms with van der Waals surface area (Å²) < 4.78 is 0. The largest absolute Gasteiger partial charge is 0.358 e. The van der Waals surface area contributed by atoms with Crippen LogP contribution in [0.15, 0.2) is 24.3 Å². The lowest BCUT2D eigenvalue weighted by molar-refractivity contribution is -0.119. The SMILES string of the molecule is CNC(=O)CNC(=O)c1ccccc1CCN. The average molecular weight is 235 g/mol. The number of nitrogens with two attached hydrogens (primary N) is 1. The van der Waals surface area contributed by atoms with Gasteiger partial charge in [0.1, 0.15) is 0 Å². The van der Waals surface area contributed by atoms with E-state index in [1.165, 1.54) is 7.05 Å². The molecule has 17 heavy (non-hydrogen) atoms. The van der Waals surface area contributed by atoms with E-state index in [0.29, 0.717) is 18.5 Å². The second kappa shape index (κ2) is 6.65. The Morgan fingerprint density at radius 1 is 1.29 bits per heavy atom. The third kappa shape index (κ3) is 3.88. The number of hydrogen-bond donors (Lipinski definition) is 3. The van der Waals surface area contributed by atoms with Gasteiger partial charge in [0, 0.05) is 12.6 Å². The smallest absolute Gasteiger partial charge is 0.251 e. The van der Waals surface area contributed by atoms with Crippen LogP contribution >= 0.6 is 0 Å². The zero-order chi connectivity index (χ0) is 12.7. The lowest BCUT2D eigenvalue weighted by Gasteiger charge is -2.08. The standard InChI is InChI=1S/C12H17N3O2/c1-14-11(16)8-15-12(17)10-5-3-2-4-9(10)6-7-13/h2-5H,6-8,13H2,1H3,(H,14,16)(H,15,17). The number of nitrogens with one attached hydrogen (secondary N) is 2. The molecule has 0 aliphatic rings. The Morgan fingerprint density at radius 3 is 2.65 bits per heavy atom. The number of rotatable bonds is 5. The molecule has 0 aliphatic carbocycles. The van der Waals surface area contributed by atoms with Crippen LogP contribution in [0.1, 0.15) is 15.9 Å². The summed E-state index contributed by atoms with van der Waals surface area (Å²) in [5.41, 5.74) is 6.94. The van der Waals surface area contributed by atoms with Gasteiger partial charge < -0.3 is 16.4 Å². The lowest BCUT2D eigenvalue weighted by atomic mass is 10.0. The monoisotopic (exact) mass is 235 g/mol. The van der Waals surface area contributed by atoms with Crippen LogP contribution in [0, 0.1) is 0 Å². The summed E-state index contributed by atoms with van der Waals surface area (Å²) in [5, 5.41) is 4.99. The number of likely N-dealkylation sites (N-methyl/N-ethyl adjacent to an activating group) is 1. The van der Waals surface area contributed by atoms with Crippen molar-refractivity contribution in [3.63, 3.8) is 0 Å². The summed E-state index contributed by atoms with van der Waals surface area (Å²) in [6, 6.07) is 7.24. The third-order valence-corrected chi connectivity index (χ3v) is 2.36. The molecule has 0 unspecified atom stereocenters. The van der Waals surface area contributed by atoms with Gasteiger partial charge in [-0.15, -0.1) is 0 Å². The van der Waals surface area contributed by atoms with Gasteiger partial charge >= 0.3 is 0 Å². The zero-order valence-electron chi connectivity index (χ0n) is 9.82. The molecule has 0 spiro atoms. The van der Waals surface area contributed by atoms with Gasteiger partial charge in [0.25, 0.3) is 5.91 Å². The van der Waals surface area contributed by atoms with Crippen LogP contribution < -0.4 is 16.4 Å². The Bertz CT molecular complexity index is 404. The zero-order valence-corrected chi connectivity index (χ0v) is 9.82. The molecule has 0 fully saturated rings. The molecule has 92 valence electrons. The van der Waals surface area contributed by atoms with Crippen molar-refractivity contribution in [3.8, 4) is 0 Å². The molecule has 0 radical (unpaired) electrons. The Balaban J connectivity index is 2.71. The Morgan fingerprint density at radius 2 is 2.00 bits per heavy atom. The van der Waals surface area contributed by atoms with Crippen LogP contribution in [0.2, 0.25) is 0 Å². The van der Waals surface area contributed by atoms with Crippen LogP contribution in [-0.4, -0.2) is 32.0 Å².